The summed E-state index contributed by atoms with van der Waals surface area (Å²) in [7, 11) is 0. The minimum absolute atomic E-state index is 0.105. The fraction of sp³-hybridized carbons (Fsp3) is 0.0769. The van der Waals surface area contributed by atoms with Gasteiger partial charge in [0.1, 0.15) is 12.1 Å². The third-order valence-corrected chi connectivity index (χ3v) is 2.52. The fourth-order valence-electron chi connectivity index (χ4n) is 1.59. The highest BCUT2D eigenvalue weighted by Gasteiger charge is 2.25. The lowest BCUT2D eigenvalue weighted by atomic mass is 10.1. The zero-order chi connectivity index (χ0) is 13.8. The van der Waals surface area contributed by atoms with Crippen LogP contribution in [0.5, 0.6) is 0 Å². The van der Waals surface area contributed by atoms with Gasteiger partial charge in [0, 0.05) is 5.56 Å². The molecule has 0 aliphatic heterocycles. The van der Waals surface area contributed by atoms with Crippen LogP contribution in [0, 0.1) is 5.82 Å². The molecule has 0 saturated heterocycles. The molecule has 0 aliphatic rings. The smallest absolute Gasteiger partial charge is 0.331 e. The van der Waals surface area contributed by atoms with Gasteiger partial charge in [-0.2, -0.15) is 0 Å². The van der Waals surface area contributed by atoms with E-state index in [1.807, 2.05) is 0 Å². The van der Waals surface area contributed by atoms with Crippen LogP contribution in [0.25, 0.3) is 0 Å². The largest absolute Gasteiger partial charge is 0.479 e. The summed E-state index contributed by atoms with van der Waals surface area (Å²) in [6, 6.07) is 5.31. The molecular formula is C13H10FNO4. The Labute approximate surface area is 107 Å². The Balaban J connectivity index is 2.25. The van der Waals surface area contributed by atoms with Crippen molar-refractivity contribution >= 4 is 11.9 Å². The number of rotatable bonds is 4. The van der Waals surface area contributed by atoms with Crippen LogP contribution in [-0.4, -0.2) is 17.0 Å². The van der Waals surface area contributed by atoms with Crippen molar-refractivity contribution in [2.45, 2.75) is 6.04 Å². The Morgan fingerprint density at radius 3 is 2.58 bits per heavy atom. The molecule has 2 N–H and O–H groups in total. The van der Waals surface area contributed by atoms with Crippen molar-refractivity contribution in [2.75, 3.05) is 0 Å². The van der Waals surface area contributed by atoms with Crippen LogP contribution in [0.4, 0.5) is 4.39 Å². The highest BCUT2D eigenvalue weighted by atomic mass is 19.1. The van der Waals surface area contributed by atoms with Gasteiger partial charge in [-0.1, -0.05) is 18.2 Å². The molecule has 19 heavy (non-hydrogen) atoms. The molecule has 98 valence electrons. The minimum atomic E-state index is -1.46. The van der Waals surface area contributed by atoms with Crippen LogP contribution in [0.3, 0.4) is 0 Å². The molecule has 0 bridgehead atoms. The summed E-state index contributed by atoms with van der Waals surface area (Å²) in [5.74, 6) is -2.69. The third kappa shape index (κ3) is 2.79. The zero-order valence-electron chi connectivity index (χ0n) is 9.67. The van der Waals surface area contributed by atoms with Gasteiger partial charge < -0.3 is 14.8 Å². The number of halogens is 1. The van der Waals surface area contributed by atoms with E-state index >= 15 is 0 Å². The molecule has 6 heteroatoms. The Morgan fingerprint density at radius 2 is 2.00 bits per heavy atom. The Hall–Kier alpha value is -2.63. The van der Waals surface area contributed by atoms with Crippen molar-refractivity contribution in [1.29, 1.82) is 0 Å². The highest BCUT2D eigenvalue weighted by molar-refractivity contribution is 5.96. The number of nitrogens with one attached hydrogen (secondary N) is 1. The van der Waals surface area contributed by atoms with Gasteiger partial charge >= 0.3 is 5.97 Å². The van der Waals surface area contributed by atoms with Gasteiger partial charge in [0.05, 0.1) is 11.8 Å². The zero-order valence-corrected chi connectivity index (χ0v) is 9.67. The summed E-state index contributed by atoms with van der Waals surface area (Å²) in [5, 5.41) is 11.3. The fourth-order valence-corrected chi connectivity index (χ4v) is 1.59. The maximum absolute atomic E-state index is 13.6. The number of benzene rings is 1. The molecule has 0 fully saturated rings. The summed E-state index contributed by atoms with van der Waals surface area (Å²) >= 11 is 0. The quantitative estimate of drug-likeness (QED) is 0.883. The first-order chi connectivity index (χ1) is 9.09. The second-order valence-electron chi connectivity index (χ2n) is 3.78. The predicted octanol–water partition coefficient (Wildman–Crippen LogP) is 1.97. The summed E-state index contributed by atoms with van der Waals surface area (Å²) in [6.07, 6.45) is 2.46. The number of amides is 1. The van der Waals surface area contributed by atoms with Crippen LogP contribution < -0.4 is 5.32 Å². The molecule has 2 rings (SSSR count). The van der Waals surface area contributed by atoms with Crippen molar-refractivity contribution < 1.29 is 23.5 Å². The molecule has 0 radical (unpaired) electrons. The molecule has 2 aromatic rings. The first-order valence-corrected chi connectivity index (χ1v) is 5.40. The maximum atomic E-state index is 13.6. The van der Waals surface area contributed by atoms with Gasteiger partial charge in [0.2, 0.25) is 0 Å². The third-order valence-electron chi connectivity index (χ3n) is 2.52. The second-order valence-corrected chi connectivity index (χ2v) is 3.78. The van der Waals surface area contributed by atoms with E-state index in [0.29, 0.717) is 0 Å². The molecule has 1 atom stereocenters. The molecule has 0 saturated carbocycles. The Morgan fingerprint density at radius 1 is 1.26 bits per heavy atom. The number of carbonyl (C=O) groups excluding carboxylic acids is 1. The van der Waals surface area contributed by atoms with Crippen molar-refractivity contribution in [3.63, 3.8) is 0 Å². The van der Waals surface area contributed by atoms with E-state index in [0.717, 1.165) is 6.07 Å². The van der Waals surface area contributed by atoms with Crippen molar-refractivity contribution in [2.24, 2.45) is 0 Å². The van der Waals surface area contributed by atoms with Crippen molar-refractivity contribution in [3.05, 3.63) is 59.8 Å². The first-order valence-electron chi connectivity index (χ1n) is 5.40. The monoisotopic (exact) mass is 263 g/mol. The second kappa shape index (κ2) is 5.34. The lowest BCUT2D eigenvalue weighted by Gasteiger charge is -2.14. The lowest BCUT2D eigenvalue weighted by molar-refractivity contribution is -0.139. The first kappa shape index (κ1) is 12.8. The van der Waals surface area contributed by atoms with Crippen LogP contribution in [-0.2, 0) is 4.79 Å². The molecule has 1 amide bonds. The number of carboxylic acids is 1. The average Bonchev–Trinajstić information content (AvgIpc) is 2.90. The van der Waals surface area contributed by atoms with Crippen LogP contribution in [0.1, 0.15) is 22.0 Å². The lowest BCUT2D eigenvalue weighted by Crippen LogP contribution is -2.34. The number of hydrogen-bond acceptors (Lipinski definition) is 3. The number of hydrogen-bond donors (Lipinski definition) is 2. The van der Waals surface area contributed by atoms with E-state index in [2.05, 4.69) is 5.32 Å². The van der Waals surface area contributed by atoms with Crippen LogP contribution >= 0.6 is 0 Å². The van der Waals surface area contributed by atoms with Gasteiger partial charge in [-0.05, 0) is 12.1 Å². The molecule has 1 aromatic heterocycles. The molecule has 0 spiro atoms. The van der Waals surface area contributed by atoms with E-state index in [4.69, 9.17) is 9.52 Å². The topological polar surface area (TPSA) is 79.5 Å². The summed E-state index contributed by atoms with van der Waals surface area (Å²) in [6.45, 7) is 0. The Bertz CT molecular complexity index is 594. The van der Waals surface area contributed by atoms with Crippen LogP contribution in [0.15, 0.2) is 47.3 Å². The van der Waals surface area contributed by atoms with E-state index in [1.54, 1.807) is 0 Å². The van der Waals surface area contributed by atoms with Gasteiger partial charge in [0.15, 0.2) is 6.04 Å². The number of carboxylic acid groups (broad SMARTS) is 1. The Kier molecular flexibility index (Phi) is 3.61. The summed E-state index contributed by atoms with van der Waals surface area (Å²) < 4.78 is 18.3. The van der Waals surface area contributed by atoms with Crippen molar-refractivity contribution in [1.82, 2.24) is 5.32 Å². The van der Waals surface area contributed by atoms with Gasteiger partial charge in [-0.3, -0.25) is 4.79 Å². The molecule has 0 aliphatic carbocycles. The number of furan rings is 1. The number of carbonyl (C=O) groups is 2. The molecule has 1 heterocycles. The molecule has 1 aromatic carbocycles. The molecule has 5 nitrogen and oxygen atoms in total. The molecule has 0 unspecified atom stereocenters. The van der Waals surface area contributed by atoms with E-state index in [-0.39, 0.29) is 11.1 Å². The van der Waals surface area contributed by atoms with E-state index in [9.17, 15) is 14.0 Å². The van der Waals surface area contributed by atoms with E-state index < -0.39 is 23.7 Å². The summed E-state index contributed by atoms with van der Waals surface area (Å²) in [5.41, 5.74) is 0.0643. The van der Waals surface area contributed by atoms with Crippen molar-refractivity contribution in [3.8, 4) is 0 Å². The summed E-state index contributed by atoms with van der Waals surface area (Å²) in [4.78, 5) is 22.9. The number of aliphatic carboxylic acids is 1. The van der Waals surface area contributed by atoms with E-state index in [1.165, 1.54) is 36.8 Å². The predicted molar refractivity (Wildman–Crippen MR) is 63.0 cm³/mol. The van der Waals surface area contributed by atoms with Crippen LogP contribution in [0.2, 0.25) is 0 Å². The minimum Gasteiger partial charge on any atom is -0.479 e. The maximum Gasteiger partial charge on any atom is 0.331 e. The normalized spacial score (nSPS) is 11.8. The SMILES string of the molecule is O=C(N[C@H](C(=O)O)c1ccccc1F)c1ccoc1. The van der Waals surface area contributed by atoms with Gasteiger partial charge in [-0.25, -0.2) is 9.18 Å². The highest BCUT2D eigenvalue weighted by Crippen LogP contribution is 2.17. The van der Waals surface area contributed by atoms with Gasteiger partial charge in [-0.15, -0.1) is 0 Å². The van der Waals surface area contributed by atoms with Gasteiger partial charge in [0.25, 0.3) is 5.91 Å². The average molecular weight is 263 g/mol. The standard InChI is InChI=1S/C13H10FNO4/c14-10-4-2-1-3-9(10)11(13(17)18)15-12(16)8-5-6-19-7-8/h1-7,11H,(H,15,16)(H,17,18)/t11-/m0/s1. The molecular weight excluding hydrogens is 253 g/mol.